The van der Waals surface area contributed by atoms with E-state index in [-0.39, 0.29) is 18.5 Å². The van der Waals surface area contributed by atoms with E-state index < -0.39 is 23.5 Å². The molecule has 0 fully saturated rings. The molecule has 0 saturated carbocycles. The molecular formula is C11H13F2NO2. The molecule has 0 aliphatic heterocycles. The summed E-state index contributed by atoms with van der Waals surface area (Å²) < 4.78 is 26.4. The lowest BCUT2D eigenvalue weighted by atomic mass is 9.95. The van der Waals surface area contributed by atoms with Gasteiger partial charge in [0.1, 0.15) is 11.6 Å². The molecule has 0 saturated heterocycles. The van der Waals surface area contributed by atoms with Crippen LogP contribution in [0.25, 0.3) is 0 Å². The zero-order valence-electron chi connectivity index (χ0n) is 8.84. The van der Waals surface area contributed by atoms with Gasteiger partial charge in [-0.3, -0.25) is 4.79 Å². The van der Waals surface area contributed by atoms with E-state index in [0.29, 0.717) is 0 Å². The Kier molecular flexibility index (Phi) is 4.37. The largest absolute Gasteiger partial charge is 0.481 e. The van der Waals surface area contributed by atoms with Gasteiger partial charge in [-0.15, -0.1) is 0 Å². The molecule has 2 N–H and O–H groups in total. The average molecular weight is 229 g/mol. The van der Waals surface area contributed by atoms with Gasteiger partial charge in [0.2, 0.25) is 0 Å². The maximum Gasteiger partial charge on any atom is 0.304 e. The summed E-state index contributed by atoms with van der Waals surface area (Å²) in [6, 6.07) is 3.06. The van der Waals surface area contributed by atoms with Crippen LogP contribution in [0.4, 0.5) is 8.78 Å². The van der Waals surface area contributed by atoms with E-state index in [1.165, 1.54) is 0 Å². The van der Waals surface area contributed by atoms with E-state index in [1.54, 1.807) is 7.05 Å². The van der Waals surface area contributed by atoms with E-state index in [9.17, 15) is 13.6 Å². The van der Waals surface area contributed by atoms with Crippen LogP contribution >= 0.6 is 0 Å². The van der Waals surface area contributed by atoms with Gasteiger partial charge in [0.25, 0.3) is 0 Å². The number of rotatable bonds is 5. The van der Waals surface area contributed by atoms with E-state index in [0.717, 1.165) is 18.2 Å². The first-order valence-electron chi connectivity index (χ1n) is 4.86. The number of hydrogen-bond acceptors (Lipinski definition) is 2. The number of carboxylic acids is 1. The number of carbonyl (C=O) groups is 1. The van der Waals surface area contributed by atoms with Crippen molar-refractivity contribution < 1.29 is 18.7 Å². The lowest BCUT2D eigenvalue weighted by Crippen LogP contribution is -2.21. The van der Waals surface area contributed by atoms with Crippen molar-refractivity contribution in [3.8, 4) is 0 Å². The van der Waals surface area contributed by atoms with Crippen LogP contribution in [0.1, 0.15) is 17.9 Å². The zero-order chi connectivity index (χ0) is 12.1. The van der Waals surface area contributed by atoms with Crippen molar-refractivity contribution in [3.05, 3.63) is 35.4 Å². The monoisotopic (exact) mass is 229 g/mol. The predicted molar refractivity (Wildman–Crippen MR) is 55.3 cm³/mol. The van der Waals surface area contributed by atoms with Gasteiger partial charge in [-0.05, 0) is 30.8 Å². The highest BCUT2D eigenvalue weighted by Gasteiger charge is 2.19. The lowest BCUT2D eigenvalue weighted by Gasteiger charge is -2.15. The van der Waals surface area contributed by atoms with Crippen molar-refractivity contribution in [1.29, 1.82) is 0 Å². The Hall–Kier alpha value is -1.49. The molecule has 0 amide bonds. The average Bonchev–Trinajstić information content (AvgIpc) is 2.20. The molecule has 3 nitrogen and oxygen atoms in total. The minimum absolute atomic E-state index is 0.0942. The van der Waals surface area contributed by atoms with Gasteiger partial charge in [0, 0.05) is 12.5 Å². The Balaban J connectivity index is 2.99. The first-order valence-corrected chi connectivity index (χ1v) is 4.86. The Morgan fingerprint density at radius 1 is 1.50 bits per heavy atom. The third kappa shape index (κ3) is 3.27. The molecule has 0 radical (unpaired) electrons. The summed E-state index contributed by atoms with van der Waals surface area (Å²) in [7, 11) is 1.63. The molecule has 1 aromatic carbocycles. The molecule has 16 heavy (non-hydrogen) atoms. The van der Waals surface area contributed by atoms with Crippen LogP contribution in [-0.2, 0) is 4.79 Å². The fraction of sp³-hybridized carbons (Fsp3) is 0.364. The number of likely N-dealkylation sites (N-methyl/N-ethyl adjacent to an activating group) is 1. The van der Waals surface area contributed by atoms with Gasteiger partial charge in [0.05, 0.1) is 6.42 Å². The molecule has 0 aliphatic rings. The Morgan fingerprint density at radius 2 is 2.19 bits per heavy atom. The van der Waals surface area contributed by atoms with Crippen LogP contribution in [0.15, 0.2) is 18.2 Å². The number of benzene rings is 1. The fourth-order valence-corrected chi connectivity index (χ4v) is 1.58. The fourth-order valence-electron chi connectivity index (χ4n) is 1.58. The predicted octanol–water partition coefficient (Wildman–Crippen LogP) is 1.74. The highest BCUT2D eigenvalue weighted by Crippen LogP contribution is 2.23. The number of nitrogens with one attached hydrogen (secondary N) is 1. The van der Waals surface area contributed by atoms with Crippen molar-refractivity contribution in [2.75, 3.05) is 13.6 Å². The SMILES string of the molecule is CNCC(CC(=O)O)c1cc(F)ccc1F. The summed E-state index contributed by atoms with van der Waals surface area (Å²) in [5, 5.41) is 11.5. The van der Waals surface area contributed by atoms with Crippen molar-refractivity contribution in [1.82, 2.24) is 5.32 Å². The highest BCUT2D eigenvalue weighted by molar-refractivity contribution is 5.68. The molecular weight excluding hydrogens is 216 g/mol. The standard InChI is InChI=1S/C11H13F2NO2/c1-14-6-7(4-11(15)16)9-5-8(12)2-3-10(9)13/h2-3,5,7,14H,4,6H2,1H3,(H,15,16). The molecule has 88 valence electrons. The summed E-state index contributed by atoms with van der Waals surface area (Å²) in [6.07, 6.45) is -0.235. The maximum atomic E-state index is 13.4. The molecule has 5 heteroatoms. The van der Waals surface area contributed by atoms with Crippen molar-refractivity contribution >= 4 is 5.97 Å². The van der Waals surface area contributed by atoms with Crippen LogP contribution in [0, 0.1) is 11.6 Å². The third-order valence-electron chi connectivity index (χ3n) is 2.27. The smallest absolute Gasteiger partial charge is 0.304 e. The topological polar surface area (TPSA) is 49.3 Å². The van der Waals surface area contributed by atoms with E-state index in [4.69, 9.17) is 5.11 Å². The van der Waals surface area contributed by atoms with E-state index in [1.807, 2.05) is 0 Å². The first-order chi connectivity index (χ1) is 7.54. The number of carboxylic acid groups (broad SMARTS) is 1. The summed E-state index contributed by atoms with van der Waals surface area (Å²) in [5.41, 5.74) is 0.0942. The molecule has 0 aromatic heterocycles. The lowest BCUT2D eigenvalue weighted by molar-refractivity contribution is -0.137. The normalized spacial score (nSPS) is 12.4. The first kappa shape index (κ1) is 12.6. The van der Waals surface area contributed by atoms with Crippen LogP contribution in [0.5, 0.6) is 0 Å². The summed E-state index contributed by atoms with van der Waals surface area (Å²) >= 11 is 0. The van der Waals surface area contributed by atoms with Gasteiger partial charge in [0.15, 0.2) is 0 Å². The maximum absolute atomic E-state index is 13.4. The molecule has 1 atom stereocenters. The van der Waals surface area contributed by atoms with Crippen molar-refractivity contribution in [3.63, 3.8) is 0 Å². The molecule has 0 aliphatic carbocycles. The quantitative estimate of drug-likeness (QED) is 0.808. The van der Waals surface area contributed by atoms with Crippen LogP contribution in [0.3, 0.4) is 0 Å². The number of halogens is 2. The Labute approximate surface area is 92.1 Å². The van der Waals surface area contributed by atoms with E-state index in [2.05, 4.69) is 5.32 Å². The van der Waals surface area contributed by atoms with Gasteiger partial charge >= 0.3 is 5.97 Å². The van der Waals surface area contributed by atoms with Crippen LogP contribution in [-0.4, -0.2) is 24.7 Å². The number of hydrogen-bond donors (Lipinski definition) is 2. The second-order valence-corrected chi connectivity index (χ2v) is 3.52. The number of aliphatic carboxylic acids is 1. The highest BCUT2D eigenvalue weighted by atomic mass is 19.1. The molecule has 1 rings (SSSR count). The van der Waals surface area contributed by atoms with Crippen LogP contribution in [0.2, 0.25) is 0 Å². The van der Waals surface area contributed by atoms with Crippen LogP contribution < -0.4 is 5.32 Å². The summed E-state index contributed by atoms with van der Waals surface area (Å²) in [4.78, 5) is 10.6. The van der Waals surface area contributed by atoms with Gasteiger partial charge in [-0.25, -0.2) is 8.78 Å². The molecule has 0 spiro atoms. The summed E-state index contributed by atoms with van der Waals surface area (Å²) in [6.45, 7) is 0.284. The van der Waals surface area contributed by atoms with Crippen molar-refractivity contribution in [2.24, 2.45) is 0 Å². The van der Waals surface area contributed by atoms with E-state index >= 15 is 0 Å². The Bertz CT molecular complexity index is 382. The molecule has 1 aromatic rings. The second-order valence-electron chi connectivity index (χ2n) is 3.52. The molecule has 0 heterocycles. The zero-order valence-corrected chi connectivity index (χ0v) is 8.84. The van der Waals surface area contributed by atoms with Gasteiger partial charge < -0.3 is 10.4 Å². The molecule has 0 bridgehead atoms. The minimum atomic E-state index is -1.04. The molecule has 1 unspecified atom stereocenters. The Morgan fingerprint density at radius 3 is 2.75 bits per heavy atom. The van der Waals surface area contributed by atoms with Gasteiger partial charge in [-0.1, -0.05) is 0 Å². The minimum Gasteiger partial charge on any atom is -0.481 e. The second kappa shape index (κ2) is 5.55. The van der Waals surface area contributed by atoms with Gasteiger partial charge in [-0.2, -0.15) is 0 Å². The third-order valence-corrected chi connectivity index (χ3v) is 2.27. The summed E-state index contributed by atoms with van der Waals surface area (Å²) in [5.74, 6) is -2.76. The van der Waals surface area contributed by atoms with Crippen molar-refractivity contribution in [2.45, 2.75) is 12.3 Å².